The molecule has 0 spiro atoms. The molecule has 2 aromatic carbocycles. The molecule has 5 heteroatoms. The second kappa shape index (κ2) is 5.72. The lowest BCUT2D eigenvalue weighted by Gasteiger charge is -2.05. The zero-order chi connectivity index (χ0) is 14.8. The van der Waals surface area contributed by atoms with Crippen LogP contribution in [0.25, 0.3) is 10.9 Å². The summed E-state index contributed by atoms with van der Waals surface area (Å²) in [6.07, 6.45) is 0. The van der Waals surface area contributed by atoms with Crippen molar-refractivity contribution in [2.45, 2.75) is 0 Å². The first-order valence-electron chi connectivity index (χ1n) is 6.16. The lowest BCUT2D eigenvalue weighted by atomic mass is 10.2. The summed E-state index contributed by atoms with van der Waals surface area (Å²) in [5, 5.41) is 1.69. The Morgan fingerprint density at radius 1 is 0.952 bits per heavy atom. The lowest BCUT2D eigenvalue weighted by molar-refractivity contribution is 0.0729. The Balaban J connectivity index is 1.87. The number of carbonyl (C=O) groups excluding carboxylic acids is 1. The summed E-state index contributed by atoms with van der Waals surface area (Å²) < 4.78 is 5.24. The molecular weight excluding hydrogens is 309 g/mol. The van der Waals surface area contributed by atoms with Crippen LogP contribution >= 0.6 is 23.2 Å². The van der Waals surface area contributed by atoms with Crippen LogP contribution in [0.2, 0.25) is 10.0 Å². The minimum atomic E-state index is -0.542. The van der Waals surface area contributed by atoms with E-state index in [1.165, 1.54) is 6.07 Å². The zero-order valence-electron chi connectivity index (χ0n) is 10.7. The Morgan fingerprint density at radius 2 is 1.76 bits per heavy atom. The second-order valence-corrected chi connectivity index (χ2v) is 5.17. The van der Waals surface area contributed by atoms with Gasteiger partial charge in [-0.05, 0) is 24.3 Å². The predicted octanol–water partition coefficient (Wildman–Crippen LogP) is 4.76. The molecule has 0 saturated carbocycles. The van der Waals surface area contributed by atoms with Gasteiger partial charge in [-0.3, -0.25) is 0 Å². The second-order valence-electron chi connectivity index (χ2n) is 4.35. The molecule has 104 valence electrons. The third-order valence-electron chi connectivity index (χ3n) is 2.91. The number of hydrogen-bond acceptors (Lipinski definition) is 3. The van der Waals surface area contributed by atoms with Gasteiger partial charge >= 0.3 is 5.97 Å². The van der Waals surface area contributed by atoms with Gasteiger partial charge in [0.2, 0.25) is 0 Å². The normalized spacial score (nSPS) is 10.6. The van der Waals surface area contributed by atoms with E-state index >= 15 is 0 Å². The first-order chi connectivity index (χ1) is 10.1. The van der Waals surface area contributed by atoms with E-state index in [2.05, 4.69) is 4.98 Å². The molecule has 3 nitrogen and oxygen atoms in total. The van der Waals surface area contributed by atoms with Gasteiger partial charge in [0.05, 0.1) is 15.6 Å². The van der Waals surface area contributed by atoms with E-state index in [9.17, 15) is 4.79 Å². The summed E-state index contributed by atoms with van der Waals surface area (Å²) >= 11 is 11.7. The highest BCUT2D eigenvalue weighted by atomic mass is 35.5. The maximum absolute atomic E-state index is 12.1. The molecule has 3 aromatic rings. The van der Waals surface area contributed by atoms with Gasteiger partial charge in [0.15, 0.2) is 0 Å². The molecule has 0 radical (unpaired) electrons. The molecule has 0 aliphatic rings. The van der Waals surface area contributed by atoms with Gasteiger partial charge in [-0.15, -0.1) is 0 Å². The number of para-hydroxylation sites is 1. The third kappa shape index (κ3) is 2.99. The van der Waals surface area contributed by atoms with Gasteiger partial charge in [-0.1, -0.05) is 47.5 Å². The summed E-state index contributed by atoms with van der Waals surface area (Å²) in [4.78, 5) is 16.4. The zero-order valence-corrected chi connectivity index (χ0v) is 12.2. The van der Waals surface area contributed by atoms with Crippen LogP contribution in [0.4, 0.5) is 0 Å². The van der Waals surface area contributed by atoms with Gasteiger partial charge in [0.25, 0.3) is 0 Å². The van der Waals surface area contributed by atoms with Gasteiger partial charge in [-0.2, -0.15) is 0 Å². The SMILES string of the molecule is O=C(Oc1ccc(Cl)c(Cl)c1)c1ccc2ccccc2n1. The molecule has 0 unspecified atom stereocenters. The highest BCUT2D eigenvalue weighted by Gasteiger charge is 2.12. The average molecular weight is 318 g/mol. The fourth-order valence-electron chi connectivity index (χ4n) is 1.88. The highest BCUT2D eigenvalue weighted by Crippen LogP contribution is 2.26. The summed E-state index contributed by atoms with van der Waals surface area (Å²) in [5.41, 5.74) is 0.973. The maximum atomic E-state index is 12.1. The van der Waals surface area contributed by atoms with Crippen molar-refractivity contribution in [1.82, 2.24) is 4.98 Å². The number of halogens is 2. The summed E-state index contributed by atoms with van der Waals surface area (Å²) in [6.45, 7) is 0. The number of rotatable bonds is 2. The van der Waals surface area contributed by atoms with Crippen molar-refractivity contribution in [1.29, 1.82) is 0 Å². The van der Waals surface area contributed by atoms with Crippen LogP contribution < -0.4 is 4.74 Å². The first kappa shape index (κ1) is 13.9. The van der Waals surface area contributed by atoms with Crippen molar-refractivity contribution in [3.05, 3.63) is 70.3 Å². The van der Waals surface area contributed by atoms with Crippen LogP contribution in [0.15, 0.2) is 54.6 Å². The largest absolute Gasteiger partial charge is 0.422 e. The molecular formula is C16H9Cl2NO2. The molecule has 0 saturated heterocycles. The Bertz CT molecular complexity index is 833. The van der Waals surface area contributed by atoms with E-state index in [0.29, 0.717) is 15.8 Å². The monoisotopic (exact) mass is 317 g/mol. The molecule has 0 atom stereocenters. The number of esters is 1. The van der Waals surface area contributed by atoms with Crippen LogP contribution in [-0.2, 0) is 0 Å². The number of pyridine rings is 1. The van der Waals surface area contributed by atoms with Crippen molar-refractivity contribution in [3.63, 3.8) is 0 Å². The van der Waals surface area contributed by atoms with E-state index in [4.69, 9.17) is 27.9 Å². The van der Waals surface area contributed by atoms with Gasteiger partial charge < -0.3 is 4.74 Å². The molecule has 1 heterocycles. The van der Waals surface area contributed by atoms with E-state index in [0.717, 1.165) is 10.9 Å². The summed E-state index contributed by atoms with van der Waals surface area (Å²) in [6, 6.07) is 15.6. The van der Waals surface area contributed by atoms with Crippen LogP contribution in [0, 0.1) is 0 Å². The Morgan fingerprint density at radius 3 is 2.57 bits per heavy atom. The fourth-order valence-corrected chi connectivity index (χ4v) is 2.17. The number of fused-ring (bicyclic) bond motifs is 1. The van der Waals surface area contributed by atoms with Crippen molar-refractivity contribution in [3.8, 4) is 5.75 Å². The number of ether oxygens (including phenoxy) is 1. The highest BCUT2D eigenvalue weighted by molar-refractivity contribution is 6.42. The molecule has 0 bridgehead atoms. The van der Waals surface area contributed by atoms with Crippen LogP contribution in [-0.4, -0.2) is 11.0 Å². The minimum Gasteiger partial charge on any atom is -0.422 e. The Labute approximate surface area is 131 Å². The van der Waals surface area contributed by atoms with Crippen LogP contribution in [0.5, 0.6) is 5.75 Å². The summed E-state index contributed by atoms with van der Waals surface area (Å²) in [5.74, 6) is -0.219. The maximum Gasteiger partial charge on any atom is 0.362 e. The van der Waals surface area contributed by atoms with Gasteiger partial charge in [0, 0.05) is 11.5 Å². The molecule has 0 amide bonds. The van der Waals surface area contributed by atoms with E-state index in [-0.39, 0.29) is 5.69 Å². The van der Waals surface area contributed by atoms with Crippen molar-refractivity contribution in [2.24, 2.45) is 0 Å². The topological polar surface area (TPSA) is 39.2 Å². The molecule has 0 aliphatic heterocycles. The quantitative estimate of drug-likeness (QED) is 0.505. The fraction of sp³-hybridized carbons (Fsp3) is 0. The number of benzene rings is 2. The molecule has 0 fully saturated rings. The predicted molar refractivity (Wildman–Crippen MR) is 83.2 cm³/mol. The number of carbonyl (C=O) groups is 1. The van der Waals surface area contributed by atoms with Gasteiger partial charge in [-0.25, -0.2) is 9.78 Å². The van der Waals surface area contributed by atoms with Gasteiger partial charge in [0.1, 0.15) is 11.4 Å². The molecule has 0 N–H and O–H groups in total. The first-order valence-corrected chi connectivity index (χ1v) is 6.92. The van der Waals surface area contributed by atoms with E-state index < -0.39 is 5.97 Å². The van der Waals surface area contributed by atoms with Crippen LogP contribution in [0.3, 0.4) is 0 Å². The summed E-state index contributed by atoms with van der Waals surface area (Å²) in [7, 11) is 0. The number of hydrogen-bond donors (Lipinski definition) is 0. The molecule has 3 rings (SSSR count). The van der Waals surface area contributed by atoms with Crippen molar-refractivity contribution >= 4 is 40.1 Å². The van der Waals surface area contributed by atoms with E-state index in [1.54, 1.807) is 18.2 Å². The Hall–Kier alpha value is -2.10. The Kier molecular flexibility index (Phi) is 3.78. The average Bonchev–Trinajstić information content (AvgIpc) is 2.50. The number of nitrogens with zero attached hydrogens (tertiary/aromatic N) is 1. The standard InChI is InChI=1S/C16H9Cl2NO2/c17-12-7-6-11(9-13(12)18)21-16(20)15-8-5-10-3-1-2-4-14(10)19-15/h1-9H. The minimum absolute atomic E-state index is 0.236. The molecule has 0 aliphatic carbocycles. The smallest absolute Gasteiger partial charge is 0.362 e. The van der Waals surface area contributed by atoms with E-state index in [1.807, 2.05) is 30.3 Å². The lowest BCUT2D eigenvalue weighted by Crippen LogP contribution is -2.10. The van der Waals surface area contributed by atoms with Crippen molar-refractivity contribution < 1.29 is 9.53 Å². The molecule has 21 heavy (non-hydrogen) atoms. The number of aromatic nitrogens is 1. The van der Waals surface area contributed by atoms with Crippen molar-refractivity contribution in [2.75, 3.05) is 0 Å². The third-order valence-corrected chi connectivity index (χ3v) is 3.65. The molecule has 1 aromatic heterocycles. The van der Waals surface area contributed by atoms with Crippen LogP contribution in [0.1, 0.15) is 10.5 Å².